The van der Waals surface area contributed by atoms with Crippen molar-refractivity contribution in [2.24, 2.45) is 5.92 Å². The van der Waals surface area contributed by atoms with Gasteiger partial charge in [0.15, 0.2) is 6.19 Å². The van der Waals surface area contributed by atoms with Gasteiger partial charge in [-0.1, -0.05) is 6.92 Å². The molecule has 0 bridgehead atoms. The fraction of sp³-hybridized carbons (Fsp3) is 0.556. The highest BCUT2D eigenvalue weighted by atomic mass is 19.1. The van der Waals surface area contributed by atoms with Crippen molar-refractivity contribution in [1.82, 2.24) is 10.2 Å². The van der Waals surface area contributed by atoms with E-state index in [1.165, 1.54) is 12.1 Å². The molecule has 1 N–H and O–H groups in total. The number of methoxy groups -OCH3 is 1. The number of benzene rings is 1. The maximum Gasteiger partial charge on any atom is 0.254 e. The fourth-order valence-electron chi connectivity index (χ4n) is 3.52. The van der Waals surface area contributed by atoms with Crippen LogP contribution >= 0.6 is 0 Å². The lowest BCUT2D eigenvalue weighted by molar-refractivity contribution is 0.0928. The van der Waals surface area contributed by atoms with Gasteiger partial charge in [0.2, 0.25) is 0 Å². The standard InChI is InChI=1S/C18H23FN4O2/c1-12-8-22(11-20)10-17(12)21-18(24)15-4-3-13(7-16(15)19)23-6-5-14(9-23)25-2/h3-4,7,12,14,17H,5-6,8-10H2,1-2H3,(H,21,24)/t12-,14-,17-/m1/s1. The van der Waals surface area contributed by atoms with Crippen molar-refractivity contribution in [2.75, 3.05) is 38.2 Å². The zero-order valence-corrected chi connectivity index (χ0v) is 14.5. The maximum absolute atomic E-state index is 14.5. The van der Waals surface area contributed by atoms with Gasteiger partial charge in [-0.05, 0) is 30.5 Å². The molecule has 2 heterocycles. The smallest absolute Gasteiger partial charge is 0.254 e. The van der Waals surface area contributed by atoms with Gasteiger partial charge in [-0.2, -0.15) is 5.26 Å². The Balaban J connectivity index is 1.67. The van der Waals surface area contributed by atoms with Crippen LogP contribution in [0.5, 0.6) is 0 Å². The Bertz CT molecular complexity index is 690. The van der Waals surface area contributed by atoms with Crippen molar-refractivity contribution < 1.29 is 13.9 Å². The predicted molar refractivity (Wildman–Crippen MR) is 91.6 cm³/mol. The second kappa shape index (κ2) is 7.28. The van der Waals surface area contributed by atoms with E-state index in [-0.39, 0.29) is 23.6 Å². The van der Waals surface area contributed by atoms with Gasteiger partial charge >= 0.3 is 0 Å². The van der Waals surface area contributed by atoms with Crippen LogP contribution in [0, 0.1) is 23.2 Å². The second-order valence-corrected chi connectivity index (χ2v) is 6.82. The summed E-state index contributed by atoms with van der Waals surface area (Å²) in [5, 5.41) is 11.8. The summed E-state index contributed by atoms with van der Waals surface area (Å²) in [7, 11) is 1.68. The van der Waals surface area contributed by atoms with Crippen LogP contribution in [0.1, 0.15) is 23.7 Å². The maximum atomic E-state index is 14.5. The van der Waals surface area contributed by atoms with Crippen LogP contribution in [0.3, 0.4) is 0 Å². The Kier molecular flexibility index (Phi) is 5.09. The largest absolute Gasteiger partial charge is 0.380 e. The van der Waals surface area contributed by atoms with Crippen LogP contribution in [0.4, 0.5) is 10.1 Å². The monoisotopic (exact) mass is 346 g/mol. The quantitative estimate of drug-likeness (QED) is 0.839. The third kappa shape index (κ3) is 3.69. The zero-order valence-electron chi connectivity index (χ0n) is 14.5. The third-order valence-corrected chi connectivity index (χ3v) is 5.11. The summed E-state index contributed by atoms with van der Waals surface area (Å²) in [4.78, 5) is 16.1. The first-order valence-electron chi connectivity index (χ1n) is 8.54. The average Bonchev–Trinajstić information content (AvgIpc) is 3.21. The molecule has 3 rings (SSSR count). The summed E-state index contributed by atoms with van der Waals surface area (Å²) < 4.78 is 19.8. The van der Waals surface area contributed by atoms with Gasteiger partial charge in [0.1, 0.15) is 5.82 Å². The SMILES string of the molecule is CO[C@@H]1CCN(c2ccc(C(=O)N[C@@H]3CN(C#N)C[C@H]3C)c(F)c2)C1. The van der Waals surface area contributed by atoms with Crippen molar-refractivity contribution in [3.63, 3.8) is 0 Å². The fourth-order valence-corrected chi connectivity index (χ4v) is 3.52. The molecule has 25 heavy (non-hydrogen) atoms. The number of nitrogens with zero attached hydrogens (tertiary/aromatic N) is 3. The van der Waals surface area contributed by atoms with E-state index in [1.807, 2.05) is 6.92 Å². The summed E-state index contributed by atoms with van der Waals surface area (Å²) in [5.41, 5.74) is 0.798. The zero-order chi connectivity index (χ0) is 18.0. The Hall–Kier alpha value is -2.33. The van der Waals surface area contributed by atoms with Gasteiger partial charge in [-0.25, -0.2) is 4.39 Å². The van der Waals surface area contributed by atoms with E-state index in [0.717, 1.165) is 25.2 Å². The summed E-state index contributed by atoms with van der Waals surface area (Å²) >= 11 is 0. The minimum absolute atomic E-state index is 0.0360. The normalized spacial score (nSPS) is 25.9. The second-order valence-electron chi connectivity index (χ2n) is 6.82. The Labute approximate surface area is 147 Å². The molecule has 2 saturated heterocycles. The van der Waals surface area contributed by atoms with Crippen LogP contribution in [-0.4, -0.2) is 56.2 Å². The highest BCUT2D eigenvalue weighted by molar-refractivity contribution is 5.95. The number of anilines is 1. The summed E-state index contributed by atoms with van der Waals surface area (Å²) in [5.74, 6) is -0.808. The van der Waals surface area contributed by atoms with E-state index >= 15 is 0 Å². The highest BCUT2D eigenvalue weighted by Gasteiger charge is 2.31. The number of rotatable bonds is 4. The number of amides is 1. The molecule has 0 unspecified atom stereocenters. The molecule has 0 saturated carbocycles. The summed E-state index contributed by atoms with van der Waals surface area (Å²) in [6.07, 6.45) is 3.16. The molecule has 3 atom stereocenters. The van der Waals surface area contributed by atoms with Crippen molar-refractivity contribution in [3.05, 3.63) is 29.6 Å². The molecule has 1 amide bonds. The van der Waals surface area contributed by atoms with Gasteiger partial charge in [0.25, 0.3) is 5.91 Å². The summed E-state index contributed by atoms with van der Waals surface area (Å²) in [6, 6.07) is 4.57. The average molecular weight is 346 g/mol. The molecule has 0 aliphatic carbocycles. The van der Waals surface area contributed by atoms with Gasteiger partial charge in [0.05, 0.1) is 17.7 Å². The number of nitriles is 1. The van der Waals surface area contributed by atoms with Gasteiger partial charge in [-0.3, -0.25) is 4.79 Å². The minimum atomic E-state index is -0.529. The lowest BCUT2D eigenvalue weighted by Crippen LogP contribution is -2.40. The van der Waals surface area contributed by atoms with Gasteiger partial charge < -0.3 is 19.9 Å². The molecule has 2 aliphatic heterocycles. The van der Waals surface area contributed by atoms with Gasteiger partial charge in [-0.15, -0.1) is 0 Å². The number of ether oxygens (including phenoxy) is 1. The van der Waals surface area contributed by atoms with Crippen LogP contribution in [0.15, 0.2) is 18.2 Å². The van der Waals surface area contributed by atoms with Crippen molar-refractivity contribution >= 4 is 11.6 Å². The number of hydrogen-bond acceptors (Lipinski definition) is 5. The number of carbonyl (C=O) groups is 1. The predicted octanol–water partition coefficient (Wildman–Crippen LogP) is 1.58. The molecule has 1 aromatic rings. The molecule has 7 heteroatoms. The number of halogens is 1. The molecule has 2 aliphatic rings. The lowest BCUT2D eigenvalue weighted by atomic mass is 10.1. The van der Waals surface area contributed by atoms with Crippen LogP contribution < -0.4 is 10.2 Å². The number of carbonyl (C=O) groups excluding carboxylic acids is 1. The summed E-state index contributed by atoms with van der Waals surface area (Å²) in [6.45, 7) is 4.59. The van der Waals surface area contributed by atoms with Crippen molar-refractivity contribution in [2.45, 2.75) is 25.5 Å². The molecular weight excluding hydrogens is 323 g/mol. The van der Waals surface area contributed by atoms with Crippen molar-refractivity contribution in [1.29, 1.82) is 5.26 Å². The Morgan fingerprint density at radius 2 is 2.20 bits per heavy atom. The molecule has 1 aromatic carbocycles. The van der Waals surface area contributed by atoms with Gasteiger partial charge in [0, 0.05) is 39.0 Å². The lowest BCUT2D eigenvalue weighted by Gasteiger charge is -2.20. The number of hydrogen-bond donors (Lipinski definition) is 1. The Morgan fingerprint density at radius 3 is 2.80 bits per heavy atom. The molecule has 0 aromatic heterocycles. The van der Waals surface area contributed by atoms with E-state index in [0.29, 0.717) is 13.1 Å². The first-order valence-corrected chi connectivity index (χ1v) is 8.54. The molecule has 0 spiro atoms. The van der Waals surface area contributed by atoms with E-state index in [1.54, 1.807) is 18.1 Å². The molecule has 0 radical (unpaired) electrons. The molecule has 2 fully saturated rings. The first-order chi connectivity index (χ1) is 12.0. The van der Waals surface area contributed by atoms with E-state index in [2.05, 4.69) is 16.4 Å². The Morgan fingerprint density at radius 1 is 1.40 bits per heavy atom. The van der Waals surface area contributed by atoms with E-state index in [4.69, 9.17) is 10.00 Å². The minimum Gasteiger partial charge on any atom is -0.380 e. The number of nitrogens with one attached hydrogen (secondary N) is 1. The van der Waals surface area contributed by atoms with Crippen molar-refractivity contribution in [3.8, 4) is 6.19 Å². The molecule has 134 valence electrons. The highest BCUT2D eigenvalue weighted by Crippen LogP contribution is 2.24. The van der Waals surface area contributed by atoms with Crippen LogP contribution in [-0.2, 0) is 4.74 Å². The first kappa shape index (κ1) is 17.5. The number of likely N-dealkylation sites (tertiary alicyclic amines) is 1. The third-order valence-electron chi connectivity index (χ3n) is 5.11. The van der Waals surface area contributed by atoms with Crippen LogP contribution in [0.25, 0.3) is 0 Å². The van der Waals surface area contributed by atoms with E-state index in [9.17, 15) is 9.18 Å². The van der Waals surface area contributed by atoms with E-state index < -0.39 is 11.7 Å². The molecule has 6 nitrogen and oxygen atoms in total. The molecular formula is C18H23FN4O2. The van der Waals surface area contributed by atoms with Crippen LogP contribution in [0.2, 0.25) is 0 Å². The topological polar surface area (TPSA) is 68.6 Å².